The fraction of sp³-hybridized carbons (Fsp3) is 0.667. The van der Waals surface area contributed by atoms with Gasteiger partial charge in [-0.25, -0.2) is 0 Å². The summed E-state index contributed by atoms with van der Waals surface area (Å²) < 4.78 is 12.9. The van der Waals surface area contributed by atoms with Crippen LogP contribution >= 0.6 is 12.4 Å². The molecule has 2 unspecified atom stereocenters. The minimum absolute atomic E-state index is 0. The molecule has 0 spiro atoms. The minimum Gasteiger partial charge on any atom is -1.00 e. The molecule has 2 bridgehead atoms. The first-order valence-electron chi connectivity index (χ1n) is 9.95. The largest absolute Gasteiger partial charge is 1.00 e. The molecule has 3 heterocycles. The zero-order valence-electron chi connectivity index (χ0n) is 16.5. The Kier molecular flexibility index (Phi) is 7.96. The van der Waals surface area contributed by atoms with Crippen LogP contribution in [-0.4, -0.2) is 66.2 Å². The van der Waals surface area contributed by atoms with E-state index in [1.54, 1.807) is 0 Å². The molecule has 0 saturated carbocycles. The summed E-state index contributed by atoms with van der Waals surface area (Å²) in [6, 6.07) is 10.3. The van der Waals surface area contributed by atoms with Crippen LogP contribution in [0.3, 0.4) is 0 Å². The molecule has 3 fully saturated rings. The number of piperidine rings is 1. The summed E-state index contributed by atoms with van der Waals surface area (Å²) in [6.07, 6.45) is 4.83. The SMILES string of the molecule is CCCC[N+]1(C)[C@@H]2CC(OC(=O)[C@H](CO)c3ccccc3)C[C@H]1[C@@H]1O[C@@H]12.Cl.[Br-]. The Morgan fingerprint density at radius 2 is 1.86 bits per heavy atom. The van der Waals surface area contributed by atoms with Crippen LogP contribution < -0.4 is 17.0 Å². The Bertz CT molecular complexity index is 643. The molecule has 28 heavy (non-hydrogen) atoms. The number of morpholine rings is 1. The van der Waals surface area contributed by atoms with Crippen molar-refractivity contribution >= 4 is 18.4 Å². The minimum atomic E-state index is -0.595. The van der Waals surface area contributed by atoms with Crippen LogP contribution in [0.4, 0.5) is 0 Å². The molecule has 7 heteroatoms. The van der Waals surface area contributed by atoms with Crippen molar-refractivity contribution in [3.8, 4) is 0 Å². The molecule has 1 aromatic carbocycles. The van der Waals surface area contributed by atoms with Gasteiger partial charge < -0.3 is 36.0 Å². The lowest BCUT2D eigenvalue weighted by Gasteiger charge is -2.48. The van der Waals surface area contributed by atoms with Crippen molar-refractivity contribution in [2.24, 2.45) is 0 Å². The average Bonchev–Trinajstić information content (AvgIpc) is 3.40. The van der Waals surface area contributed by atoms with Crippen LogP contribution in [0.2, 0.25) is 0 Å². The number of nitrogens with zero attached hydrogens (tertiary/aromatic N) is 1. The molecule has 3 saturated heterocycles. The van der Waals surface area contributed by atoms with Crippen molar-refractivity contribution in [2.45, 2.75) is 68.9 Å². The van der Waals surface area contributed by atoms with Gasteiger partial charge in [0.2, 0.25) is 0 Å². The maximum atomic E-state index is 12.7. The van der Waals surface area contributed by atoms with E-state index in [1.165, 1.54) is 19.4 Å². The molecule has 1 aromatic rings. The molecule has 0 radical (unpaired) electrons. The van der Waals surface area contributed by atoms with Crippen LogP contribution in [0, 0.1) is 0 Å². The molecule has 0 aromatic heterocycles. The van der Waals surface area contributed by atoms with Gasteiger partial charge in [0.25, 0.3) is 0 Å². The number of hydrogen-bond donors (Lipinski definition) is 1. The van der Waals surface area contributed by atoms with Crippen molar-refractivity contribution in [3.63, 3.8) is 0 Å². The lowest BCUT2D eigenvalue weighted by Crippen LogP contribution is -3.00. The number of unbranched alkanes of at least 4 members (excludes halogenated alkanes) is 1. The number of fused-ring (bicyclic) bond motifs is 5. The molecular formula is C21H31BrClNO4. The van der Waals surface area contributed by atoms with Crippen molar-refractivity contribution in [2.75, 3.05) is 20.2 Å². The number of aliphatic hydroxyl groups is 1. The summed E-state index contributed by atoms with van der Waals surface area (Å²) >= 11 is 0. The first kappa shape index (κ1) is 23.6. The fourth-order valence-corrected chi connectivity index (χ4v) is 5.23. The molecule has 3 aliphatic heterocycles. The number of aliphatic hydroxyl groups excluding tert-OH is 1. The number of benzene rings is 1. The highest BCUT2D eigenvalue weighted by Crippen LogP contribution is 2.52. The number of halogens is 2. The van der Waals surface area contributed by atoms with E-state index in [9.17, 15) is 9.90 Å². The van der Waals surface area contributed by atoms with Gasteiger partial charge in [-0.15, -0.1) is 12.4 Å². The number of quaternary nitrogens is 1. The van der Waals surface area contributed by atoms with Gasteiger partial charge in [0.15, 0.2) is 0 Å². The van der Waals surface area contributed by atoms with Crippen molar-refractivity contribution in [1.82, 2.24) is 0 Å². The molecule has 0 amide bonds. The Balaban J connectivity index is 0.00000140. The number of rotatable bonds is 7. The van der Waals surface area contributed by atoms with E-state index in [2.05, 4.69) is 14.0 Å². The summed E-state index contributed by atoms with van der Waals surface area (Å²) in [4.78, 5) is 12.7. The number of esters is 1. The fourth-order valence-electron chi connectivity index (χ4n) is 5.23. The zero-order chi connectivity index (χ0) is 18.3. The van der Waals surface area contributed by atoms with E-state index in [0.29, 0.717) is 24.3 Å². The molecule has 5 nitrogen and oxygen atoms in total. The zero-order valence-corrected chi connectivity index (χ0v) is 18.9. The Morgan fingerprint density at radius 1 is 1.25 bits per heavy atom. The predicted octanol–water partition coefficient (Wildman–Crippen LogP) is -0.341. The van der Waals surface area contributed by atoms with Crippen LogP contribution in [0.1, 0.15) is 44.1 Å². The summed E-state index contributed by atoms with van der Waals surface area (Å²) in [7, 11) is 2.36. The second kappa shape index (κ2) is 9.43. The average molecular weight is 477 g/mol. The van der Waals surface area contributed by atoms with E-state index < -0.39 is 5.92 Å². The number of carbonyl (C=O) groups is 1. The van der Waals surface area contributed by atoms with E-state index >= 15 is 0 Å². The molecule has 4 rings (SSSR count). The van der Waals surface area contributed by atoms with Crippen LogP contribution in [0.25, 0.3) is 0 Å². The predicted molar refractivity (Wildman–Crippen MR) is 105 cm³/mol. The molecule has 3 aliphatic rings. The van der Waals surface area contributed by atoms with Gasteiger partial charge in [0.1, 0.15) is 36.3 Å². The summed E-state index contributed by atoms with van der Waals surface area (Å²) in [5.41, 5.74) is 0.813. The van der Waals surface area contributed by atoms with E-state index in [4.69, 9.17) is 9.47 Å². The Morgan fingerprint density at radius 3 is 2.39 bits per heavy atom. The molecule has 158 valence electrons. The second-order valence-corrected chi connectivity index (χ2v) is 8.30. The highest BCUT2D eigenvalue weighted by molar-refractivity contribution is 5.85. The number of likely N-dealkylation sites (N-methyl/N-ethyl adjacent to an activating group) is 1. The first-order valence-corrected chi connectivity index (χ1v) is 9.95. The summed E-state index contributed by atoms with van der Waals surface area (Å²) in [5, 5.41) is 9.70. The van der Waals surface area contributed by atoms with Gasteiger partial charge >= 0.3 is 5.97 Å². The highest BCUT2D eigenvalue weighted by Gasteiger charge is 2.71. The van der Waals surface area contributed by atoms with E-state index in [1.807, 2.05) is 30.3 Å². The van der Waals surface area contributed by atoms with E-state index in [-0.39, 0.29) is 48.1 Å². The third-order valence-corrected chi connectivity index (χ3v) is 6.79. The molecule has 0 aliphatic carbocycles. The van der Waals surface area contributed by atoms with Crippen LogP contribution in [-0.2, 0) is 14.3 Å². The van der Waals surface area contributed by atoms with Crippen molar-refractivity contribution < 1.29 is 40.8 Å². The number of carbonyl (C=O) groups excluding carboxylic acids is 1. The first-order chi connectivity index (χ1) is 12.6. The van der Waals surface area contributed by atoms with Crippen LogP contribution in [0.5, 0.6) is 0 Å². The maximum Gasteiger partial charge on any atom is 0.316 e. The maximum absolute atomic E-state index is 12.7. The number of ether oxygens (including phenoxy) is 2. The van der Waals surface area contributed by atoms with Gasteiger partial charge in [0.05, 0.1) is 20.2 Å². The topological polar surface area (TPSA) is 59.1 Å². The lowest BCUT2D eigenvalue weighted by atomic mass is 9.94. The number of epoxide rings is 1. The van der Waals surface area contributed by atoms with Gasteiger partial charge in [0, 0.05) is 12.8 Å². The Hall–Kier alpha value is -0.660. The third kappa shape index (κ3) is 4.12. The quantitative estimate of drug-likeness (QED) is 0.332. The summed E-state index contributed by atoms with van der Waals surface area (Å²) in [5.74, 6) is -0.898. The standard InChI is InChI=1S/C21H30NO4.BrH.ClH/c1-3-4-10-22(2)17-11-15(12-18(22)20-19(17)26-20)25-21(24)16(13-23)14-8-6-5-7-9-14;;/h5-9,15-20,23H,3-4,10-13H2,1-2H3;2*1H/q+1;;/p-1/t15?,16-,17-,18+,19-,20+,22?;;/m1../s1. The van der Waals surface area contributed by atoms with Gasteiger partial charge in [-0.1, -0.05) is 43.7 Å². The molecular weight excluding hydrogens is 446 g/mol. The highest BCUT2D eigenvalue weighted by atomic mass is 79.9. The van der Waals surface area contributed by atoms with Gasteiger partial charge in [-0.2, -0.15) is 0 Å². The monoisotopic (exact) mass is 475 g/mol. The van der Waals surface area contributed by atoms with E-state index in [0.717, 1.165) is 22.9 Å². The van der Waals surface area contributed by atoms with Crippen LogP contribution in [0.15, 0.2) is 30.3 Å². The van der Waals surface area contributed by atoms with Gasteiger partial charge in [-0.05, 0) is 12.0 Å². The third-order valence-electron chi connectivity index (χ3n) is 6.79. The summed E-state index contributed by atoms with van der Waals surface area (Å²) in [6.45, 7) is 3.20. The lowest BCUT2D eigenvalue weighted by molar-refractivity contribution is -0.956. The molecule has 1 N–H and O–H groups in total. The Labute approximate surface area is 184 Å². The van der Waals surface area contributed by atoms with Crippen molar-refractivity contribution in [3.05, 3.63) is 35.9 Å². The normalized spacial score (nSPS) is 35.8. The van der Waals surface area contributed by atoms with Gasteiger partial charge in [-0.3, -0.25) is 4.79 Å². The second-order valence-electron chi connectivity index (χ2n) is 8.30. The van der Waals surface area contributed by atoms with Crippen molar-refractivity contribution in [1.29, 1.82) is 0 Å². The molecule has 7 atom stereocenters. The number of hydrogen-bond acceptors (Lipinski definition) is 4. The smallest absolute Gasteiger partial charge is 0.316 e.